The fourth-order valence-corrected chi connectivity index (χ4v) is 1.06. The second-order valence-electron chi connectivity index (χ2n) is 3.63. The molecule has 0 saturated carbocycles. The molecule has 4 heteroatoms. The Balaban J connectivity index is 2.72. The third-order valence-corrected chi connectivity index (χ3v) is 2.16. The van der Waals surface area contributed by atoms with E-state index in [1.54, 1.807) is 0 Å². The van der Waals surface area contributed by atoms with Gasteiger partial charge in [0, 0.05) is 37.6 Å². The van der Waals surface area contributed by atoms with Crippen LogP contribution in [0.3, 0.4) is 0 Å². The standard InChI is InChI=1S/C10H18N4/c1-8(2)14(4)10-12-6-9(5-11-3)7-13-10/h6-8,11H,5H2,1-4H3. The van der Waals surface area contributed by atoms with Crippen LogP contribution in [0, 0.1) is 0 Å². The highest BCUT2D eigenvalue weighted by molar-refractivity contribution is 5.29. The molecule has 78 valence electrons. The Labute approximate surface area is 85.4 Å². The van der Waals surface area contributed by atoms with E-state index < -0.39 is 0 Å². The Morgan fingerprint density at radius 3 is 2.36 bits per heavy atom. The quantitative estimate of drug-likeness (QED) is 0.777. The summed E-state index contributed by atoms with van der Waals surface area (Å²) in [6, 6.07) is 0.421. The van der Waals surface area contributed by atoms with Crippen LogP contribution in [0.15, 0.2) is 12.4 Å². The van der Waals surface area contributed by atoms with Crippen molar-refractivity contribution in [1.29, 1.82) is 0 Å². The number of hydrogen-bond donors (Lipinski definition) is 1. The summed E-state index contributed by atoms with van der Waals surface area (Å²) in [5.41, 5.74) is 1.11. The molecule has 1 rings (SSSR count). The van der Waals surface area contributed by atoms with Crippen molar-refractivity contribution in [3.63, 3.8) is 0 Å². The van der Waals surface area contributed by atoms with E-state index in [1.165, 1.54) is 0 Å². The average molecular weight is 194 g/mol. The van der Waals surface area contributed by atoms with E-state index in [2.05, 4.69) is 29.1 Å². The van der Waals surface area contributed by atoms with E-state index >= 15 is 0 Å². The van der Waals surface area contributed by atoms with Crippen molar-refractivity contribution in [3.05, 3.63) is 18.0 Å². The molecule has 0 bridgehead atoms. The molecule has 0 fully saturated rings. The molecule has 1 N–H and O–H groups in total. The molecule has 0 unspecified atom stereocenters. The fourth-order valence-electron chi connectivity index (χ4n) is 1.06. The lowest BCUT2D eigenvalue weighted by molar-refractivity contribution is 0.724. The van der Waals surface area contributed by atoms with E-state index in [0.29, 0.717) is 6.04 Å². The number of rotatable bonds is 4. The first-order valence-electron chi connectivity index (χ1n) is 4.83. The topological polar surface area (TPSA) is 41.1 Å². The van der Waals surface area contributed by atoms with Gasteiger partial charge in [0.05, 0.1) is 0 Å². The van der Waals surface area contributed by atoms with Crippen molar-refractivity contribution >= 4 is 5.95 Å². The van der Waals surface area contributed by atoms with Gasteiger partial charge in [0.25, 0.3) is 0 Å². The predicted molar refractivity (Wildman–Crippen MR) is 58.3 cm³/mol. The molecular formula is C10H18N4. The largest absolute Gasteiger partial charge is 0.341 e. The first kappa shape index (κ1) is 10.9. The Kier molecular flexibility index (Phi) is 3.83. The highest BCUT2D eigenvalue weighted by Gasteiger charge is 2.06. The van der Waals surface area contributed by atoms with E-state index in [4.69, 9.17) is 0 Å². The molecule has 14 heavy (non-hydrogen) atoms. The molecule has 1 heterocycles. The highest BCUT2D eigenvalue weighted by Crippen LogP contribution is 2.07. The summed E-state index contributed by atoms with van der Waals surface area (Å²) in [5, 5.41) is 3.06. The number of nitrogens with one attached hydrogen (secondary N) is 1. The van der Waals surface area contributed by atoms with Gasteiger partial charge in [-0.25, -0.2) is 9.97 Å². The maximum absolute atomic E-state index is 4.29. The van der Waals surface area contributed by atoms with Crippen LogP contribution in [-0.2, 0) is 6.54 Å². The zero-order valence-electron chi connectivity index (χ0n) is 9.28. The van der Waals surface area contributed by atoms with Crippen molar-refractivity contribution in [2.45, 2.75) is 26.4 Å². The third kappa shape index (κ3) is 2.67. The van der Waals surface area contributed by atoms with E-state index in [1.807, 2.05) is 31.4 Å². The maximum atomic E-state index is 4.29. The van der Waals surface area contributed by atoms with Gasteiger partial charge in [0.2, 0.25) is 5.95 Å². The van der Waals surface area contributed by atoms with E-state index in [-0.39, 0.29) is 0 Å². The van der Waals surface area contributed by atoms with Crippen molar-refractivity contribution in [2.75, 3.05) is 19.0 Å². The third-order valence-electron chi connectivity index (χ3n) is 2.16. The lowest BCUT2D eigenvalue weighted by atomic mass is 10.3. The van der Waals surface area contributed by atoms with Gasteiger partial charge in [0.1, 0.15) is 0 Å². The Bertz CT molecular complexity index is 268. The minimum atomic E-state index is 0.421. The molecule has 0 saturated heterocycles. The van der Waals surface area contributed by atoms with E-state index in [0.717, 1.165) is 18.1 Å². The van der Waals surface area contributed by atoms with Gasteiger partial charge >= 0.3 is 0 Å². The maximum Gasteiger partial charge on any atom is 0.225 e. The van der Waals surface area contributed by atoms with Gasteiger partial charge in [0.15, 0.2) is 0 Å². The van der Waals surface area contributed by atoms with Crippen LogP contribution in [0.5, 0.6) is 0 Å². The molecule has 0 aromatic carbocycles. The van der Waals surface area contributed by atoms with Crippen LogP contribution in [0.1, 0.15) is 19.4 Å². The first-order chi connectivity index (χ1) is 6.65. The molecule has 1 aromatic heterocycles. The first-order valence-corrected chi connectivity index (χ1v) is 4.83. The molecule has 0 aliphatic rings. The molecule has 0 aliphatic heterocycles. The van der Waals surface area contributed by atoms with Crippen LogP contribution >= 0.6 is 0 Å². The minimum absolute atomic E-state index is 0.421. The molecule has 0 atom stereocenters. The number of aromatic nitrogens is 2. The second kappa shape index (κ2) is 4.91. The summed E-state index contributed by atoms with van der Waals surface area (Å²) in [6.45, 7) is 5.04. The molecule has 4 nitrogen and oxygen atoms in total. The van der Waals surface area contributed by atoms with Crippen molar-refractivity contribution in [3.8, 4) is 0 Å². The van der Waals surface area contributed by atoms with Crippen LogP contribution in [0.25, 0.3) is 0 Å². The van der Waals surface area contributed by atoms with Crippen LogP contribution < -0.4 is 10.2 Å². The predicted octanol–water partition coefficient (Wildman–Crippen LogP) is 1.04. The Morgan fingerprint density at radius 2 is 1.93 bits per heavy atom. The van der Waals surface area contributed by atoms with Crippen LogP contribution in [0.4, 0.5) is 5.95 Å². The number of anilines is 1. The Hall–Kier alpha value is -1.16. The van der Waals surface area contributed by atoms with Gasteiger partial charge in [-0.05, 0) is 20.9 Å². The summed E-state index contributed by atoms with van der Waals surface area (Å²) in [5.74, 6) is 0.778. The van der Waals surface area contributed by atoms with Crippen molar-refractivity contribution in [2.24, 2.45) is 0 Å². The smallest absolute Gasteiger partial charge is 0.225 e. The number of nitrogens with zero attached hydrogens (tertiary/aromatic N) is 3. The molecule has 1 aromatic rings. The van der Waals surface area contributed by atoms with Gasteiger partial charge < -0.3 is 10.2 Å². The number of hydrogen-bond acceptors (Lipinski definition) is 4. The van der Waals surface area contributed by atoms with Crippen LogP contribution in [-0.4, -0.2) is 30.1 Å². The highest BCUT2D eigenvalue weighted by atomic mass is 15.2. The van der Waals surface area contributed by atoms with Gasteiger partial charge in [-0.2, -0.15) is 0 Å². The molecular weight excluding hydrogens is 176 g/mol. The second-order valence-corrected chi connectivity index (χ2v) is 3.63. The average Bonchev–Trinajstić information content (AvgIpc) is 2.18. The van der Waals surface area contributed by atoms with Gasteiger partial charge in [-0.15, -0.1) is 0 Å². The Morgan fingerprint density at radius 1 is 1.36 bits per heavy atom. The summed E-state index contributed by atoms with van der Waals surface area (Å²) >= 11 is 0. The molecule has 0 aliphatic carbocycles. The zero-order valence-corrected chi connectivity index (χ0v) is 9.28. The molecule has 0 radical (unpaired) electrons. The van der Waals surface area contributed by atoms with Crippen molar-refractivity contribution in [1.82, 2.24) is 15.3 Å². The van der Waals surface area contributed by atoms with E-state index in [9.17, 15) is 0 Å². The molecule has 0 amide bonds. The monoisotopic (exact) mass is 194 g/mol. The lowest BCUT2D eigenvalue weighted by Gasteiger charge is -2.20. The van der Waals surface area contributed by atoms with Gasteiger partial charge in [-0.1, -0.05) is 0 Å². The summed E-state index contributed by atoms with van der Waals surface area (Å²) in [4.78, 5) is 10.6. The summed E-state index contributed by atoms with van der Waals surface area (Å²) in [6.07, 6.45) is 3.72. The summed E-state index contributed by atoms with van der Waals surface area (Å²) in [7, 11) is 3.91. The fraction of sp³-hybridized carbons (Fsp3) is 0.600. The zero-order chi connectivity index (χ0) is 10.6. The molecule has 0 spiro atoms. The lowest BCUT2D eigenvalue weighted by Crippen LogP contribution is -2.27. The SMILES string of the molecule is CNCc1cnc(N(C)C(C)C)nc1. The summed E-state index contributed by atoms with van der Waals surface area (Å²) < 4.78 is 0. The normalized spacial score (nSPS) is 10.6. The van der Waals surface area contributed by atoms with Gasteiger partial charge in [-0.3, -0.25) is 0 Å². The van der Waals surface area contributed by atoms with Crippen molar-refractivity contribution < 1.29 is 0 Å². The minimum Gasteiger partial charge on any atom is -0.341 e. The van der Waals surface area contributed by atoms with Crippen LogP contribution in [0.2, 0.25) is 0 Å².